The molecule has 9 atom stereocenters. The first-order valence-electron chi connectivity index (χ1n) is 16.1. The Hall–Kier alpha value is -1.89. The van der Waals surface area contributed by atoms with Gasteiger partial charge in [-0.25, -0.2) is 4.74 Å². The van der Waals surface area contributed by atoms with Gasteiger partial charge in [0.1, 0.15) is 42.7 Å². The van der Waals surface area contributed by atoms with Gasteiger partial charge in [0.15, 0.2) is 24.1 Å². The third-order valence-corrected chi connectivity index (χ3v) is 9.53. The number of nitrogens with one attached hydrogen (secondary N) is 1. The molecule has 1 heterocycles. The second-order valence-corrected chi connectivity index (χ2v) is 13.6. The molecular formula is C32H54N2O12S. The number of unbranched alkanes of at least 4 members (excludes halogenated alkanes) is 5. The molecule has 4 unspecified atom stereocenters. The van der Waals surface area contributed by atoms with Crippen molar-refractivity contribution in [2.24, 2.45) is 0 Å². The van der Waals surface area contributed by atoms with E-state index in [-0.39, 0.29) is 6.54 Å². The predicted octanol–water partition coefficient (Wildman–Crippen LogP) is -0.636. The standard InChI is InChI=1S/C32H54N2O12S/c1-4-5-6-7-8-9-14-47-19-32(2,3)34(44)16-21-12-10-20(11-13-21)15-33-30(43)27(41)26(40)29(22(37)17-35)46-31-28(42)25(39)24(38)23(18-36)45-31/h10-13,16,22-29,31,35-42H,4-9,14-15,17-19H2,1-3H3,(H,33,43)/b34-16-/t22?,23?,24-,25-,26-,27?,28?,29+,31-/m0/s1. The van der Waals surface area contributed by atoms with E-state index in [4.69, 9.17) is 9.47 Å². The van der Waals surface area contributed by atoms with Crippen molar-refractivity contribution in [2.75, 3.05) is 24.7 Å². The normalized spacial score (nSPS) is 24.8. The molecule has 2 rings (SSSR count). The second kappa shape index (κ2) is 20.6. The maximum absolute atomic E-state index is 12.9. The summed E-state index contributed by atoms with van der Waals surface area (Å²) in [7, 11) is 0. The van der Waals surface area contributed by atoms with Gasteiger partial charge in [-0.05, 0) is 29.9 Å². The van der Waals surface area contributed by atoms with Crippen LogP contribution in [0.5, 0.6) is 0 Å². The van der Waals surface area contributed by atoms with Crippen LogP contribution < -0.4 is 5.32 Å². The minimum Gasteiger partial charge on any atom is -0.623 e. The van der Waals surface area contributed by atoms with Crippen LogP contribution in [0.15, 0.2) is 24.3 Å². The fourth-order valence-electron chi connectivity index (χ4n) is 4.87. The van der Waals surface area contributed by atoms with E-state index in [0.717, 1.165) is 16.9 Å². The van der Waals surface area contributed by atoms with Gasteiger partial charge >= 0.3 is 0 Å². The van der Waals surface area contributed by atoms with Crippen molar-refractivity contribution < 1.29 is 59.9 Å². The summed E-state index contributed by atoms with van der Waals surface area (Å²) in [6, 6.07) is 6.78. The van der Waals surface area contributed by atoms with Crippen LogP contribution in [0.4, 0.5) is 0 Å². The smallest absolute Gasteiger partial charge is 0.251 e. The lowest BCUT2D eigenvalue weighted by Crippen LogP contribution is -2.62. The first kappa shape index (κ1) is 41.3. The summed E-state index contributed by atoms with van der Waals surface area (Å²) in [5, 5.41) is 95.7. The molecule has 0 saturated carbocycles. The molecule has 270 valence electrons. The quantitative estimate of drug-likeness (QED) is 0.0257. The Morgan fingerprint density at radius 3 is 2.30 bits per heavy atom. The van der Waals surface area contributed by atoms with Crippen LogP contribution in [0.3, 0.4) is 0 Å². The number of ether oxygens (including phenoxy) is 2. The van der Waals surface area contributed by atoms with E-state index in [1.165, 1.54) is 38.3 Å². The highest BCUT2D eigenvalue weighted by atomic mass is 32.2. The summed E-state index contributed by atoms with van der Waals surface area (Å²) in [6.07, 6.45) is -7.78. The number of hydroxylamine groups is 1. The number of nitrogens with zero attached hydrogens (tertiary/aromatic N) is 1. The summed E-state index contributed by atoms with van der Waals surface area (Å²) in [4.78, 5) is 12.7. The van der Waals surface area contributed by atoms with E-state index in [0.29, 0.717) is 16.9 Å². The summed E-state index contributed by atoms with van der Waals surface area (Å²) >= 11 is 1.77. The van der Waals surface area contributed by atoms with Crippen LogP contribution in [0.1, 0.15) is 70.4 Å². The Morgan fingerprint density at radius 2 is 1.68 bits per heavy atom. The SMILES string of the molecule is CCCCCCCCSCC(C)(C)/[N+]([O-])=C/c1ccc(CNC(=O)C(O)[C@H](O)[C@H](O[C@@H]2OC(CO)[C@H](O)[C@H](O)C2O)C(O)CO)cc1. The van der Waals surface area contributed by atoms with Crippen molar-refractivity contribution in [3.05, 3.63) is 40.6 Å². The van der Waals surface area contributed by atoms with Crippen molar-refractivity contribution in [2.45, 2.75) is 127 Å². The van der Waals surface area contributed by atoms with Crippen LogP contribution in [-0.2, 0) is 20.8 Å². The third kappa shape index (κ3) is 12.8. The highest BCUT2D eigenvalue weighted by molar-refractivity contribution is 7.99. The van der Waals surface area contributed by atoms with Gasteiger partial charge < -0.3 is 60.8 Å². The number of hydrogen-bond donors (Lipinski definition) is 9. The molecule has 9 N–H and O–H groups in total. The van der Waals surface area contributed by atoms with Crippen molar-refractivity contribution in [3.8, 4) is 0 Å². The van der Waals surface area contributed by atoms with E-state index in [1.54, 1.807) is 36.0 Å². The molecule has 14 nitrogen and oxygen atoms in total. The molecule has 0 aliphatic carbocycles. The summed E-state index contributed by atoms with van der Waals surface area (Å²) < 4.78 is 11.5. The number of hydrogen-bond acceptors (Lipinski definition) is 13. The molecule has 0 spiro atoms. The number of carbonyl (C=O) groups is 1. The van der Waals surface area contributed by atoms with Gasteiger partial charge in [0.05, 0.1) is 19.0 Å². The molecular weight excluding hydrogens is 636 g/mol. The zero-order valence-electron chi connectivity index (χ0n) is 27.4. The lowest BCUT2D eigenvalue weighted by Gasteiger charge is -2.42. The van der Waals surface area contributed by atoms with Gasteiger partial charge in [0.25, 0.3) is 5.91 Å². The van der Waals surface area contributed by atoms with Gasteiger partial charge in [-0.15, -0.1) is 0 Å². The Kier molecular flexibility index (Phi) is 18.1. The van der Waals surface area contributed by atoms with E-state index >= 15 is 0 Å². The molecule has 1 saturated heterocycles. The maximum Gasteiger partial charge on any atom is 0.251 e. The maximum atomic E-state index is 12.9. The minimum absolute atomic E-state index is 0.0641. The fourth-order valence-corrected chi connectivity index (χ4v) is 6.05. The molecule has 1 aromatic rings. The van der Waals surface area contributed by atoms with Crippen molar-refractivity contribution >= 4 is 23.9 Å². The average molecular weight is 691 g/mol. The zero-order valence-corrected chi connectivity index (χ0v) is 28.2. The van der Waals surface area contributed by atoms with Crippen LogP contribution in [0.2, 0.25) is 0 Å². The van der Waals surface area contributed by atoms with Crippen LogP contribution >= 0.6 is 11.8 Å². The van der Waals surface area contributed by atoms with Crippen molar-refractivity contribution in [3.63, 3.8) is 0 Å². The molecule has 1 fully saturated rings. The number of amides is 1. The lowest BCUT2D eigenvalue weighted by atomic mass is 9.98. The monoisotopic (exact) mass is 690 g/mol. The number of benzene rings is 1. The van der Waals surface area contributed by atoms with Gasteiger partial charge in [-0.1, -0.05) is 51.2 Å². The van der Waals surface area contributed by atoms with E-state index in [1.807, 2.05) is 13.8 Å². The van der Waals surface area contributed by atoms with Crippen LogP contribution in [0, 0.1) is 5.21 Å². The first-order chi connectivity index (χ1) is 22.3. The van der Waals surface area contributed by atoms with Gasteiger partial charge in [0, 0.05) is 26.0 Å². The molecule has 0 aromatic heterocycles. The Labute approximate surface area is 280 Å². The molecule has 0 radical (unpaired) electrons. The average Bonchev–Trinajstić information content (AvgIpc) is 3.06. The van der Waals surface area contributed by atoms with Crippen molar-refractivity contribution in [1.82, 2.24) is 5.32 Å². The summed E-state index contributed by atoms with van der Waals surface area (Å²) in [5.41, 5.74) is 0.670. The van der Waals surface area contributed by atoms with Gasteiger partial charge in [-0.3, -0.25) is 4.79 Å². The molecule has 1 aromatic carbocycles. The Bertz CT molecular complexity index is 1080. The Morgan fingerprint density at radius 1 is 1.04 bits per heavy atom. The molecule has 47 heavy (non-hydrogen) atoms. The summed E-state index contributed by atoms with van der Waals surface area (Å²) in [6.45, 7) is 4.18. The number of thioether (sulfide) groups is 1. The highest BCUT2D eigenvalue weighted by Crippen LogP contribution is 2.25. The highest BCUT2D eigenvalue weighted by Gasteiger charge is 2.47. The van der Waals surface area contributed by atoms with E-state index in [9.17, 15) is 50.9 Å². The molecule has 1 aliphatic rings. The Balaban J connectivity index is 1.92. The van der Waals surface area contributed by atoms with E-state index < -0.39 is 79.8 Å². The van der Waals surface area contributed by atoms with Crippen LogP contribution in [-0.4, -0.2) is 143 Å². The molecule has 15 heteroatoms. The molecule has 1 aliphatic heterocycles. The predicted molar refractivity (Wildman–Crippen MR) is 176 cm³/mol. The molecule has 1 amide bonds. The molecule has 0 bridgehead atoms. The fraction of sp³-hybridized carbons (Fsp3) is 0.750. The number of aliphatic hydroxyl groups is 8. The van der Waals surface area contributed by atoms with Crippen LogP contribution in [0.25, 0.3) is 0 Å². The third-order valence-electron chi connectivity index (χ3n) is 8.04. The topological polar surface area (TPSA) is 235 Å². The summed E-state index contributed by atoms with van der Waals surface area (Å²) in [5.74, 6) is 0.652. The zero-order chi connectivity index (χ0) is 35.1. The number of carbonyl (C=O) groups excluding carboxylic acids is 1. The van der Waals surface area contributed by atoms with Crippen molar-refractivity contribution in [1.29, 1.82) is 0 Å². The van der Waals surface area contributed by atoms with Gasteiger partial charge in [-0.2, -0.15) is 11.8 Å². The minimum atomic E-state index is -2.17. The number of aliphatic hydroxyl groups excluding tert-OH is 8. The van der Waals surface area contributed by atoms with Gasteiger partial charge in [0.2, 0.25) is 0 Å². The van der Waals surface area contributed by atoms with E-state index in [2.05, 4.69) is 12.2 Å². The second-order valence-electron chi connectivity index (χ2n) is 12.5. The largest absolute Gasteiger partial charge is 0.623 e. The first-order valence-corrected chi connectivity index (χ1v) is 17.3. The lowest BCUT2D eigenvalue weighted by molar-refractivity contribution is -0.528. The number of rotatable bonds is 21.